The Labute approximate surface area is 115 Å². The minimum absolute atomic E-state index is 0.466. The van der Waals surface area contributed by atoms with Gasteiger partial charge < -0.3 is 9.84 Å². The van der Waals surface area contributed by atoms with Gasteiger partial charge in [0.1, 0.15) is 11.4 Å². The quantitative estimate of drug-likeness (QED) is 0.904. The van der Waals surface area contributed by atoms with Gasteiger partial charge in [0.05, 0.1) is 6.61 Å². The van der Waals surface area contributed by atoms with Crippen LogP contribution in [0.25, 0.3) is 0 Å². The number of nitrogens with zero attached hydrogens (tertiary/aromatic N) is 1. The van der Waals surface area contributed by atoms with E-state index in [1.807, 2.05) is 31.2 Å². The average Bonchev–Trinajstić information content (AvgIpc) is 3.17. The molecule has 19 heavy (non-hydrogen) atoms. The molecule has 2 aliphatic rings. The van der Waals surface area contributed by atoms with Crippen LogP contribution < -0.4 is 4.74 Å². The number of hydrogen-bond acceptors (Lipinski definition) is 3. The zero-order chi connectivity index (χ0) is 13.5. The molecule has 1 saturated heterocycles. The van der Waals surface area contributed by atoms with Crippen molar-refractivity contribution in [2.75, 3.05) is 13.2 Å². The molecule has 1 saturated carbocycles. The molecule has 3 rings (SSSR count). The lowest BCUT2D eigenvalue weighted by molar-refractivity contribution is 0.0449. The fourth-order valence-electron chi connectivity index (χ4n) is 3.27. The van der Waals surface area contributed by atoms with Crippen LogP contribution in [0.4, 0.5) is 0 Å². The fraction of sp³-hybridized carbons (Fsp3) is 0.625. The van der Waals surface area contributed by atoms with Crippen molar-refractivity contribution in [2.45, 2.75) is 50.8 Å². The monoisotopic (exact) mass is 261 g/mol. The summed E-state index contributed by atoms with van der Waals surface area (Å²) in [6, 6.07) is 9.11. The van der Waals surface area contributed by atoms with Crippen molar-refractivity contribution in [1.29, 1.82) is 0 Å². The molecule has 1 aliphatic heterocycles. The van der Waals surface area contributed by atoms with E-state index in [1.165, 1.54) is 12.8 Å². The van der Waals surface area contributed by atoms with Crippen LogP contribution in [0.3, 0.4) is 0 Å². The zero-order valence-corrected chi connectivity index (χ0v) is 11.8. The summed E-state index contributed by atoms with van der Waals surface area (Å²) >= 11 is 0. The molecule has 3 heteroatoms. The summed E-state index contributed by atoms with van der Waals surface area (Å²) in [6.07, 6.45) is 3.40. The lowest BCUT2D eigenvalue weighted by atomic mass is 9.91. The van der Waals surface area contributed by atoms with Gasteiger partial charge in [-0.05, 0) is 50.8 Å². The molecule has 0 spiro atoms. The summed E-state index contributed by atoms with van der Waals surface area (Å²) in [7, 11) is 0. The Kier molecular flexibility index (Phi) is 3.27. The third-order valence-electron chi connectivity index (χ3n) is 4.34. The van der Waals surface area contributed by atoms with E-state index in [2.05, 4.69) is 11.8 Å². The van der Waals surface area contributed by atoms with Crippen molar-refractivity contribution in [3.63, 3.8) is 0 Å². The first-order valence-electron chi connectivity index (χ1n) is 7.34. The second-order valence-corrected chi connectivity index (χ2v) is 5.95. The molecule has 0 aromatic heterocycles. The van der Waals surface area contributed by atoms with Crippen LogP contribution in [0.2, 0.25) is 0 Å². The summed E-state index contributed by atoms with van der Waals surface area (Å²) in [5.41, 5.74) is 0.281. The molecule has 1 aromatic rings. The molecule has 1 aromatic carbocycles. The highest BCUT2D eigenvalue weighted by Gasteiger charge is 2.46. The van der Waals surface area contributed by atoms with Gasteiger partial charge in [0.2, 0.25) is 0 Å². The maximum Gasteiger partial charge on any atom is 0.119 e. The predicted molar refractivity (Wildman–Crippen MR) is 75.3 cm³/mol. The van der Waals surface area contributed by atoms with Crippen LogP contribution in [-0.2, 0) is 5.60 Å². The van der Waals surface area contributed by atoms with Crippen LogP contribution >= 0.6 is 0 Å². The maximum atomic E-state index is 11.0. The number of aliphatic hydroxyl groups is 1. The third kappa shape index (κ3) is 2.49. The van der Waals surface area contributed by atoms with Gasteiger partial charge in [-0.15, -0.1) is 0 Å². The van der Waals surface area contributed by atoms with Crippen LogP contribution in [0.15, 0.2) is 24.3 Å². The Morgan fingerprint density at radius 1 is 1.42 bits per heavy atom. The molecular weight excluding hydrogens is 238 g/mol. The summed E-state index contributed by atoms with van der Waals surface area (Å²) in [4.78, 5) is 2.47. The van der Waals surface area contributed by atoms with Gasteiger partial charge in [-0.2, -0.15) is 0 Å². The number of ether oxygens (including phenoxy) is 1. The molecule has 3 nitrogen and oxygen atoms in total. The second-order valence-electron chi connectivity index (χ2n) is 5.95. The number of rotatable bonds is 4. The van der Waals surface area contributed by atoms with Crippen molar-refractivity contribution in [3.05, 3.63) is 29.8 Å². The SMILES string of the molecule is CCOc1cccc(C2(O)CC(C)N(C3CC3)C2)c1. The van der Waals surface area contributed by atoms with E-state index in [0.29, 0.717) is 18.7 Å². The van der Waals surface area contributed by atoms with E-state index < -0.39 is 5.60 Å². The van der Waals surface area contributed by atoms with Crippen LogP contribution in [0, 0.1) is 0 Å². The first kappa shape index (κ1) is 12.9. The third-order valence-corrected chi connectivity index (χ3v) is 4.34. The maximum absolute atomic E-state index is 11.0. The van der Waals surface area contributed by atoms with Crippen molar-refractivity contribution in [3.8, 4) is 5.75 Å². The standard InChI is InChI=1S/C16H23NO2/c1-3-19-15-6-4-5-13(9-15)16(18)10-12(2)17(11-16)14-7-8-14/h4-6,9,12,14,18H,3,7-8,10-11H2,1-2H3. The largest absolute Gasteiger partial charge is 0.494 e. The highest BCUT2D eigenvalue weighted by molar-refractivity contribution is 5.33. The normalized spacial score (nSPS) is 31.6. The Morgan fingerprint density at radius 2 is 2.21 bits per heavy atom. The number of likely N-dealkylation sites (tertiary alicyclic amines) is 1. The van der Waals surface area contributed by atoms with Crippen LogP contribution in [0.5, 0.6) is 5.75 Å². The summed E-state index contributed by atoms with van der Waals surface area (Å²) in [6.45, 7) is 5.62. The topological polar surface area (TPSA) is 32.7 Å². The molecular formula is C16H23NO2. The Morgan fingerprint density at radius 3 is 2.89 bits per heavy atom. The van der Waals surface area contributed by atoms with E-state index in [-0.39, 0.29) is 0 Å². The van der Waals surface area contributed by atoms with Crippen LogP contribution in [0.1, 0.15) is 38.7 Å². The van der Waals surface area contributed by atoms with Gasteiger partial charge >= 0.3 is 0 Å². The minimum atomic E-state index is -0.713. The molecule has 2 fully saturated rings. The molecule has 1 heterocycles. The predicted octanol–water partition coefficient (Wildman–Crippen LogP) is 2.53. The lowest BCUT2D eigenvalue weighted by Crippen LogP contribution is -2.33. The highest BCUT2D eigenvalue weighted by Crippen LogP contribution is 2.42. The van der Waals surface area contributed by atoms with Gasteiger partial charge in [0, 0.05) is 18.6 Å². The summed E-state index contributed by atoms with van der Waals surface area (Å²) in [5.74, 6) is 0.853. The van der Waals surface area contributed by atoms with Crippen molar-refractivity contribution in [1.82, 2.24) is 4.90 Å². The van der Waals surface area contributed by atoms with Crippen molar-refractivity contribution in [2.24, 2.45) is 0 Å². The molecule has 0 bridgehead atoms. The first-order chi connectivity index (χ1) is 9.12. The number of hydrogen-bond donors (Lipinski definition) is 1. The highest BCUT2D eigenvalue weighted by atomic mass is 16.5. The first-order valence-corrected chi connectivity index (χ1v) is 7.34. The minimum Gasteiger partial charge on any atom is -0.494 e. The Balaban J connectivity index is 1.82. The summed E-state index contributed by atoms with van der Waals surface area (Å²) in [5, 5.41) is 11.0. The van der Waals surface area contributed by atoms with Crippen molar-refractivity contribution >= 4 is 0 Å². The fourth-order valence-corrected chi connectivity index (χ4v) is 3.27. The molecule has 1 aliphatic carbocycles. The Bertz CT molecular complexity index is 458. The number of β-amino-alcohol motifs (C(OH)–C–C–N with tert-alkyl or cyclic N) is 1. The van der Waals surface area contributed by atoms with Crippen LogP contribution in [-0.4, -0.2) is 35.2 Å². The van der Waals surface area contributed by atoms with E-state index in [4.69, 9.17) is 4.74 Å². The van der Waals surface area contributed by atoms with E-state index >= 15 is 0 Å². The van der Waals surface area contributed by atoms with Crippen molar-refractivity contribution < 1.29 is 9.84 Å². The second kappa shape index (κ2) is 4.80. The Hall–Kier alpha value is -1.06. The molecule has 1 N–H and O–H groups in total. The summed E-state index contributed by atoms with van der Waals surface area (Å²) < 4.78 is 5.54. The molecule has 104 valence electrons. The van der Waals surface area contributed by atoms with Gasteiger partial charge in [-0.3, -0.25) is 4.90 Å². The smallest absolute Gasteiger partial charge is 0.119 e. The molecule has 0 radical (unpaired) electrons. The lowest BCUT2D eigenvalue weighted by Gasteiger charge is -2.24. The average molecular weight is 261 g/mol. The zero-order valence-electron chi connectivity index (χ0n) is 11.8. The molecule has 2 atom stereocenters. The number of benzene rings is 1. The van der Waals surface area contributed by atoms with E-state index in [9.17, 15) is 5.11 Å². The molecule has 0 amide bonds. The van der Waals surface area contributed by atoms with Gasteiger partial charge in [0.25, 0.3) is 0 Å². The van der Waals surface area contributed by atoms with Gasteiger partial charge in [-0.1, -0.05) is 12.1 Å². The molecule has 2 unspecified atom stereocenters. The van der Waals surface area contributed by atoms with Gasteiger partial charge in [0.15, 0.2) is 0 Å². The van der Waals surface area contributed by atoms with E-state index in [0.717, 1.165) is 24.3 Å². The van der Waals surface area contributed by atoms with E-state index in [1.54, 1.807) is 0 Å². The van der Waals surface area contributed by atoms with Gasteiger partial charge in [-0.25, -0.2) is 0 Å².